The Hall–Kier alpha value is -3.22. The van der Waals surface area contributed by atoms with Gasteiger partial charge in [-0.1, -0.05) is 18.2 Å². The van der Waals surface area contributed by atoms with Gasteiger partial charge in [-0.15, -0.1) is 0 Å². The van der Waals surface area contributed by atoms with Gasteiger partial charge in [0.1, 0.15) is 5.82 Å². The van der Waals surface area contributed by atoms with Crippen molar-refractivity contribution in [3.8, 4) is 0 Å². The first-order valence-corrected chi connectivity index (χ1v) is 9.50. The molecule has 144 valence electrons. The predicted octanol–water partition coefficient (Wildman–Crippen LogP) is 2.84. The van der Waals surface area contributed by atoms with E-state index in [1.165, 1.54) is 0 Å². The van der Waals surface area contributed by atoms with Gasteiger partial charge in [-0.3, -0.25) is 9.59 Å². The number of likely N-dealkylation sites (tertiary alicyclic amines) is 1. The lowest BCUT2D eigenvalue weighted by atomic mass is 9.95. The first kappa shape index (κ1) is 18.2. The highest BCUT2D eigenvalue weighted by atomic mass is 16.2. The Morgan fingerprint density at radius 1 is 1.07 bits per heavy atom. The van der Waals surface area contributed by atoms with Gasteiger partial charge in [0.2, 0.25) is 5.91 Å². The minimum atomic E-state index is -0.120. The number of anilines is 1. The lowest BCUT2D eigenvalue weighted by molar-refractivity contribution is -0.121. The zero-order chi connectivity index (χ0) is 19.7. The van der Waals surface area contributed by atoms with Crippen molar-refractivity contribution in [2.75, 3.05) is 18.4 Å². The van der Waals surface area contributed by atoms with Crippen molar-refractivity contribution < 1.29 is 9.59 Å². The molecule has 1 saturated heterocycles. The van der Waals surface area contributed by atoms with Crippen molar-refractivity contribution in [3.05, 3.63) is 59.5 Å². The highest BCUT2D eigenvalue weighted by molar-refractivity contribution is 5.97. The molecule has 0 bridgehead atoms. The van der Waals surface area contributed by atoms with Gasteiger partial charge in [0, 0.05) is 30.8 Å². The molecule has 1 aliphatic rings. The fourth-order valence-corrected chi connectivity index (χ4v) is 3.67. The summed E-state index contributed by atoms with van der Waals surface area (Å²) >= 11 is 0. The van der Waals surface area contributed by atoms with E-state index in [-0.39, 0.29) is 17.7 Å². The molecule has 3 heterocycles. The second-order valence-corrected chi connectivity index (χ2v) is 7.22. The highest BCUT2D eigenvalue weighted by Crippen LogP contribution is 2.23. The Bertz CT molecular complexity index is 1030. The average molecular weight is 377 g/mol. The maximum absolute atomic E-state index is 12.7. The summed E-state index contributed by atoms with van der Waals surface area (Å²) in [7, 11) is 0. The third-order valence-electron chi connectivity index (χ3n) is 5.25. The fraction of sp³-hybridized carbons (Fsp3) is 0.333. The van der Waals surface area contributed by atoms with E-state index in [1.54, 1.807) is 10.7 Å². The zero-order valence-corrected chi connectivity index (χ0v) is 16.1. The van der Waals surface area contributed by atoms with E-state index in [4.69, 9.17) is 0 Å². The van der Waals surface area contributed by atoms with E-state index < -0.39 is 0 Å². The molecule has 3 aromatic rings. The number of pyridine rings is 1. The van der Waals surface area contributed by atoms with Crippen molar-refractivity contribution in [1.82, 2.24) is 19.5 Å². The number of carbonyl (C=O) groups is 2. The second kappa shape index (κ2) is 7.42. The minimum Gasteiger partial charge on any atom is -0.339 e. The molecular weight excluding hydrogens is 354 g/mol. The third-order valence-corrected chi connectivity index (χ3v) is 5.25. The maximum atomic E-state index is 12.7. The Kier molecular flexibility index (Phi) is 4.81. The van der Waals surface area contributed by atoms with Crippen LogP contribution in [0.1, 0.15) is 34.6 Å². The van der Waals surface area contributed by atoms with Crippen LogP contribution in [-0.4, -0.2) is 44.4 Å². The number of amides is 2. The molecule has 0 atom stereocenters. The first-order valence-electron chi connectivity index (χ1n) is 9.50. The van der Waals surface area contributed by atoms with Crippen molar-refractivity contribution >= 4 is 23.1 Å². The maximum Gasteiger partial charge on any atom is 0.254 e. The van der Waals surface area contributed by atoms with Crippen LogP contribution in [0.3, 0.4) is 0 Å². The van der Waals surface area contributed by atoms with Crippen LogP contribution >= 0.6 is 0 Å². The molecule has 1 fully saturated rings. The van der Waals surface area contributed by atoms with Crippen LogP contribution in [0.4, 0.5) is 5.69 Å². The highest BCUT2D eigenvalue weighted by Gasteiger charge is 2.28. The Morgan fingerprint density at radius 3 is 2.57 bits per heavy atom. The molecule has 0 spiro atoms. The van der Waals surface area contributed by atoms with E-state index in [9.17, 15) is 9.59 Å². The van der Waals surface area contributed by atoms with Gasteiger partial charge in [-0.2, -0.15) is 5.10 Å². The minimum absolute atomic E-state index is 0.0308. The molecule has 0 saturated carbocycles. The molecule has 1 aromatic carbocycles. The van der Waals surface area contributed by atoms with Gasteiger partial charge < -0.3 is 10.2 Å². The number of aryl methyl sites for hydroxylation is 2. The summed E-state index contributed by atoms with van der Waals surface area (Å²) in [6.45, 7) is 4.93. The van der Waals surface area contributed by atoms with Crippen LogP contribution in [0, 0.1) is 19.8 Å². The number of benzene rings is 1. The first-order chi connectivity index (χ1) is 13.5. The number of rotatable bonds is 3. The summed E-state index contributed by atoms with van der Waals surface area (Å²) in [6.07, 6.45) is 3.11. The van der Waals surface area contributed by atoms with Gasteiger partial charge in [0.25, 0.3) is 5.91 Å². The topological polar surface area (TPSA) is 79.6 Å². The smallest absolute Gasteiger partial charge is 0.254 e. The van der Waals surface area contributed by atoms with Gasteiger partial charge in [-0.25, -0.2) is 9.50 Å². The largest absolute Gasteiger partial charge is 0.339 e. The number of carbonyl (C=O) groups excluding carboxylic acids is 2. The van der Waals surface area contributed by atoms with Gasteiger partial charge in [0.05, 0.1) is 5.69 Å². The average Bonchev–Trinajstić information content (AvgIpc) is 3.09. The number of aromatic nitrogens is 3. The molecule has 2 aromatic heterocycles. The predicted molar refractivity (Wildman–Crippen MR) is 106 cm³/mol. The Labute approximate surface area is 163 Å². The summed E-state index contributed by atoms with van der Waals surface area (Å²) in [4.78, 5) is 31.7. The Morgan fingerprint density at radius 2 is 1.82 bits per heavy atom. The van der Waals surface area contributed by atoms with Gasteiger partial charge in [0.15, 0.2) is 5.65 Å². The second-order valence-electron chi connectivity index (χ2n) is 7.22. The fourth-order valence-electron chi connectivity index (χ4n) is 3.67. The normalized spacial score (nSPS) is 15.0. The van der Waals surface area contributed by atoms with E-state index in [0.29, 0.717) is 43.1 Å². The summed E-state index contributed by atoms with van der Waals surface area (Å²) in [6, 6.07) is 11.3. The third kappa shape index (κ3) is 3.47. The Balaban J connectivity index is 1.40. The summed E-state index contributed by atoms with van der Waals surface area (Å²) in [5, 5.41) is 7.26. The van der Waals surface area contributed by atoms with Crippen molar-refractivity contribution in [2.45, 2.75) is 26.7 Å². The molecule has 4 rings (SSSR count). The van der Waals surface area contributed by atoms with Crippen LogP contribution in [0.2, 0.25) is 0 Å². The van der Waals surface area contributed by atoms with Crippen molar-refractivity contribution in [1.29, 1.82) is 0 Å². The molecule has 0 aliphatic carbocycles. The van der Waals surface area contributed by atoms with E-state index in [1.807, 2.05) is 55.1 Å². The number of fused-ring (bicyclic) bond motifs is 1. The van der Waals surface area contributed by atoms with Crippen LogP contribution in [0.25, 0.3) is 5.65 Å². The zero-order valence-electron chi connectivity index (χ0n) is 16.1. The SMILES string of the molecule is Cc1nc2c(NC(=O)C3CCN(C(=O)c4ccccc4C)CC3)cccn2n1. The van der Waals surface area contributed by atoms with Crippen LogP contribution in [0.5, 0.6) is 0 Å². The standard InChI is InChI=1S/C21H23N5O2/c1-14-6-3-4-7-17(14)21(28)25-12-9-16(10-13-25)20(27)23-18-8-5-11-26-19(18)22-15(2)24-26/h3-8,11,16H,9-10,12-13H2,1-2H3,(H,23,27). The summed E-state index contributed by atoms with van der Waals surface area (Å²) in [5.41, 5.74) is 3.01. The molecule has 0 unspecified atom stereocenters. The van der Waals surface area contributed by atoms with Crippen LogP contribution < -0.4 is 5.32 Å². The molecule has 28 heavy (non-hydrogen) atoms. The summed E-state index contributed by atoms with van der Waals surface area (Å²) < 4.78 is 1.66. The monoisotopic (exact) mass is 377 g/mol. The summed E-state index contributed by atoms with van der Waals surface area (Å²) in [5.74, 6) is 0.548. The van der Waals surface area contributed by atoms with Crippen LogP contribution in [0.15, 0.2) is 42.6 Å². The van der Waals surface area contributed by atoms with Crippen molar-refractivity contribution in [2.24, 2.45) is 5.92 Å². The lowest BCUT2D eigenvalue weighted by Crippen LogP contribution is -2.41. The molecular formula is C21H23N5O2. The quantitative estimate of drug-likeness (QED) is 0.761. The number of nitrogens with one attached hydrogen (secondary N) is 1. The van der Waals surface area contributed by atoms with Crippen LogP contribution in [-0.2, 0) is 4.79 Å². The molecule has 7 nitrogen and oxygen atoms in total. The van der Waals surface area contributed by atoms with E-state index >= 15 is 0 Å². The van der Waals surface area contributed by atoms with Gasteiger partial charge >= 0.3 is 0 Å². The number of hydrogen-bond donors (Lipinski definition) is 1. The van der Waals surface area contributed by atoms with Gasteiger partial charge in [-0.05, 0) is 50.5 Å². The molecule has 1 aliphatic heterocycles. The number of nitrogens with zero attached hydrogens (tertiary/aromatic N) is 4. The number of piperidine rings is 1. The lowest BCUT2D eigenvalue weighted by Gasteiger charge is -2.31. The molecule has 2 amide bonds. The number of hydrogen-bond acceptors (Lipinski definition) is 4. The van der Waals surface area contributed by atoms with E-state index in [2.05, 4.69) is 15.4 Å². The van der Waals surface area contributed by atoms with E-state index in [0.717, 1.165) is 11.1 Å². The molecule has 1 N–H and O–H groups in total. The van der Waals surface area contributed by atoms with Crippen molar-refractivity contribution in [3.63, 3.8) is 0 Å². The molecule has 7 heteroatoms. The molecule has 0 radical (unpaired) electrons.